The molecule has 0 spiro atoms. The highest BCUT2D eigenvalue weighted by Gasteiger charge is 2.34. The molecule has 2 aliphatic heterocycles. The van der Waals surface area contributed by atoms with Crippen molar-refractivity contribution in [1.82, 2.24) is 0 Å². The van der Waals surface area contributed by atoms with Crippen LogP contribution in [0.15, 0.2) is 24.3 Å². The molecule has 2 heterocycles. The number of fused-ring (bicyclic) bond motifs is 1. The highest BCUT2D eigenvalue weighted by molar-refractivity contribution is 5.56. The molecule has 3 atom stereocenters. The fourth-order valence-corrected chi connectivity index (χ4v) is 2.66. The summed E-state index contributed by atoms with van der Waals surface area (Å²) in [6.07, 6.45) is 2.58. The molecule has 2 aliphatic rings. The lowest BCUT2D eigenvalue weighted by molar-refractivity contribution is -0.00950. The molecule has 0 amide bonds. The average molecular weight is 219 g/mol. The van der Waals surface area contributed by atoms with E-state index < -0.39 is 6.10 Å². The van der Waals surface area contributed by atoms with Crippen LogP contribution in [0.5, 0.6) is 0 Å². The zero-order chi connectivity index (χ0) is 11.0. The third-order valence-corrected chi connectivity index (χ3v) is 3.56. The summed E-state index contributed by atoms with van der Waals surface area (Å²) in [6, 6.07) is 8.36. The zero-order valence-corrected chi connectivity index (χ0v) is 9.23. The lowest BCUT2D eigenvalue weighted by Crippen LogP contribution is -2.40. The van der Waals surface area contributed by atoms with Crippen LogP contribution >= 0.6 is 0 Å². The fraction of sp³-hybridized carbons (Fsp3) is 0.538. The molecule has 0 radical (unpaired) electrons. The summed E-state index contributed by atoms with van der Waals surface area (Å²) in [6.45, 7) is 0.793. The maximum Gasteiger partial charge on any atom is 0.100 e. The van der Waals surface area contributed by atoms with E-state index in [2.05, 4.69) is 17.4 Å². The van der Waals surface area contributed by atoms with E-state index in [4.69, 9.17) is 4.74 Å². The molecule has 86 valence electrons. The number of hydrogen-bond donors (Lipinski definition) is 2. The van der Waals surface area contributed by atoms with Gasteiger partial charge in [-0.15, -0.1) is 0 Å². The number of rotatable bonds is 2. The molecule has 0 aliphatic carbocycles. The third-order valence-electron chi connectivity index (χ3n) is 3.56. The van der Waals surface area contributed by atoms with Crippen LogP contribution in [0.25, 0.3) is 0 Å². The van der Waals surface area contributed by atoms with Crippen LogP contribution in [0.1, 0.15) is 18.4 Å². The zero-order valence-electron chi connectivity index (χ0n) is 9.23. The van der Waals surface area contributed by atoms with Gasteiger partial charge in [-0.1, -0.05) is 18.2 Å². The van der Waals surface area contributed by atoms with Crippen LogP contribution < -0.4 is 5.32 Å². The number of aliphatic hydroxyl groups is 1. The van der Waals surface area contributed by atoms with Crippen molar-refractivity contribution in [2.75, 3.05) is 11.9 Å². The lowest BCUT2D eigenvalue weighted by Gasteiger charge is -2.23. The van der Waals surface area contributed by atoms with E-state index in [-0.39, 0.29) is 12.1 Å². The van der Waals surface area contributed by atoms with E-state index >= 15 is 0 Å². The predicted molar refractivity (Wildman–Crippen MR) is 62.5 cm³/mol. The highest BCUT2D eigenvalue weighted by Crippen LogP contribution is 2.29. The molecular formula is C13H17NO2. The second kappa shape index (κ2) is 4.07. The smallest absolute Gasteiger partial charge is 0.100 e. The van der Waals surface area contributed by atoms with Crippen LogP contribution in [0.4, 0.5) is 5.69 Å². The molecule has 2 N–H and O–H groups in total. The SMILES string of the molecule is OC(C1Cc2ccccc2N1)C1CCCO1. The van der Waals surface area contributed by atoms with Gasteiger partial charge in [0.05, 0.1) is 12.1 Å². The Balaban J connectivity index is 1.70. The maximum absolute atomic E-state index is 10.2. The minimum atomic E-state index is -0.394. The summed E-state index contributed by atoms with van der Waals surface area (Å²) in [5.74, 6) is 0. The number of aliphatic hydroxyl groups excluding tert-OH is 1. The van der Waals surface area contributed by atoms with Gasteiger partial charge in [0.2, 0.25) is 0 Å². The summed E-state index contributed by atoms with van der Waals surface area (Å²) in [5.41, 5.74) is 2.45. The first-order chi connectivity index (χ1) is 7.84. The number of benzene rings is 1. The maximum atomic E-state index is 10.2. The highest BCUT2D eigenvalue weighted by atomic mass is 16.5. The first-order valence-corrected chi connectivity index (χ1v) is 5.99. The Labute approximate surface area is 95.4 Å². The van der Waals surface area contributed by atoms with Crippen molar-refractivity contribution in [2.24, 2.45) is 0 Å². The van der Waals surface area contributed by atoms with Crippen molar-refractivity contribution in [1.29, 1.82) is 0 Å². The van der Waals surface area contributed by atoms with Crippen molar-refractivity contribution in [3.8, 4) is 0 Å². The molecule has 3 rings (SSSR count). The molecule has 3 nitrogen and oxygen atoms in total. The van der Waals surface area contributed by atoms with Gasteiger partial charge in [0, 0.05) is 12.3 Å². The van der Waals surface area contributed by atoms with Gasteiger partial charge in [0.15, 0.2) is 0 Å². The van der Waals surface area contributed by atoms with E-state index in [0.717, 1.165) is 31.6 Å². The molecule has 3 heteroatoms. The first kappa shape index (κ1) is 10.1. The summed E-state index contributed by atoms with van der Waals surface area (Å²) in [7, 11) is 0. The third kappa shape index (κ3) is 1.70. The van der Waals surface area contributed by atoms with Gasteiger partial charge in [-0.25, -0.2) is 0 Å². The van der Waals surface area contributed by atoms with Crippen molar-refractivity contribution >= 4 is 5.69 Å². The number of nitrogens with one attached hydrogen (secondary N) is 1. The molecule has 0 aromatic heterocycles. The molecule has 1 fully saturated rings. The van der Waals surface area contributed by atoms with Crippen molar-refractivity contribution in [3.63, 3.8) is 0 Å². The Hall–Kier alpha value is -1.06. The Morgan fingerprint density at radius 2 is 2.25 bits per heavy atom. The van der Waals surface area contributed by atoms with Crippen LogP contribution in [-0.4, -0.2) is 30.0 Å². The van der Waals surface area contributed by atoms with Gasteiger partial charge < -0.3 is 15.2 Å². The summed E-state index contributed by atoms with van der Waals surface area (Å²) >= 11 is 0. The number of hydrogen-bond acceptors (Lipinski definition) is 3. The molecule has 16 heavy (non-hydrogen) atoms. The topological polar surface area (TPSA) is 41.5 Å². The quantitative estimate of drug-likeness (QED) is 0.793. The van der Waals surface area contributed by atoms with Gasteiger partial charge in [-0.3, -0.25) is 0 Å². The normalized spacial score (nSPS) is 29.8. The van der Waals surface area contributed by atoms with Crippen molar-refractivity contribution < 1.29 is 9.84 Å². The van der Waals surface area contributed by atoms with Crippen LogP contribution in [0.2, 0.25) is 0 Å². The Morgan fingerprint density at radius 1 is 1.38 bits per heavy atom. The van der Waals surface area contributed by atoms with Crippen molar-refractivity contribution in [3.05, 3.63) is 29.8 Å². The van der Waals surface area contributed by atoms with Gasteiger partial charge >= 0.3 is 0 Å². The van der Waals surface area contributed by atoms with E-state index in [1.54, 1.807) is 0 Å². The Morgan fingerprint density at radius 3 is 3.00 bits per heavy atom. The number of para-hydroxylation sites is 1. The second-order valence-corrected chi connectivity index (χ2v) is 4.65. The van der Waals surface area contributed by atoms with Gasteiger partial charge in [-0.05, 0) is 30.9 Å². The summed E-state index contributed by atoms with van der Waals surface area (Å²) < 4.78 is 5.54. The predicted octanol–water partition coefficient (Wildman–Crippen LogP) is 1.56. The number of anilines is 1. The van der Waals surface area contributed by atoms with E-state index in [9.17, 15) is 5.11 Å². The molecule has 1 aromatic rings. The average Bonchev–Trinajstić information content (AvgIpc) is 2.97. The molecular weight excluding hydrogens is 202 g/mol. The molecule has 0 saturated carbocycles. The molecule has 0 bridgehead atoms. The first-order valence-electron chi connectivity index (χ1n) is 5.99. The van der Waals surface area contributed by atoms with Gasteiger partial charge in [-0.2, -0.15) is 0 Å². The Bertz CT molecular complexity index is 349. The van der Waals surface area contributed by atoms with Crippen molar-refractivity contribution in [2.45, 2.75) is 37.5 Å². The van der Waals surface area contributed by atoms with Crippen LogP contribution in [-0.2, 0) is 11.2 Å². The van der Waals surface area contributed by atoms with E-state index in [0.29, 0.717) is 0 Å². The monoisotopic (exact) mass is 219 g/mol. The lowest BCUT2D eigenvalue weighted by atomic mass is 10.00. The Kier molecular flexibility index (Phi) is 2.58. The number of ether oxygens (including phenoxy) is 1. The fourth-order valence-electron chi connectivity index (χ4n) is 2.66. The van der Waals surface area contributed by atoms with Gasteiger partial charge in [0.1, 0.15) is 6.10 Å². The summed E-state index contributed by atoms with van der Waals surface area (Å²) in [4.78, 5) is 0. The van der Waals surface area contributed by atoms with Gasteiger partial charge in [0.25, 0.3) is 0 Å². The minimum Gasteiger partial charge on any atom is -0.388 e. The molecule has 1 aromatic carbocycles. The van der Waals surface area contributed by atoms with E-state index in [1.807, 2.05) is 12.1 Å². The second-order valence-electron chi connectivity index (χ2n) is 4.65. The van der Waals surface area contributed by atoms with Crippen LogP contribution in [0.3, 0.4) is 0 Å². The summed E-state index contributed by atoms with van der Waals surface area (Å²) in [5, 5.41) is 13.6. The minimum absolute atomic E-state index is 0.0202. The molecule has 3 unspecified atom stereocenters. The molecule has 1 saturated heterocycles. The standard InChI is InChI=1S/C13H17NO2/c15-13(12-6-3-7-16-12)11-8-9-4-1-2-5-10(9)14-11/h1-2,4-5,11-15H,3,6-8H2. The van der Waals surface area contributed by atoms with E-state index in [1.165, 1.54) is 5.56 Å². The largest absolute Gasteiger partial charge is 0.388 e. The van der Waals surface area contributed by atoms with Crippen LogP contribution in [0, 0.1) is 0 Å².